The summed E-state index contributed by atoms with van der Waals surface area (Å²) >= 11 is 2.67. The SMILES string of the molecule is O=[N+]([O-])c1ccc(C(F)(F)CBr)cc1. The van der Waals surface area contributed by atoms with Crippen LogP contribution in [0.5, 0.6) is 0 Å². The fourth-order valence-corrected chi connectivity index (χ4v) is 1.23. The first kappa shape index (κ1) is 11.0. The first-order chi connectivity index (χ1) is 6.47. The number of nitrogens with zero attached hydrogens (tertiary/aromatic N) is 1. The fraction of sp³-hybridized carbons (Fsp3) is 0.250. The van der Waals surface area contributed by atoms with Gasteiger partial charge in [-0.3, -0.25) is 10.1 Å². The molecular formula is C8H6BrF2NO2. The number of rotatable bonds is 3. The molecule has 1 aromatic rings. The van der Waals surface area contributed by atoms with E-state index < -0.39 is 16.2 Å². The number of nitro groups is 1. The Bertz CT molecular complexity index is 340. The molecule has 0 amide bonds. The van der Waals surface area contributed by atoms with Gasteiger partial charge in [0, 0.05) is 17.7 Å². The molecule has 0 radical (unpaired) electrons. The van der Waals surface area contributed by atoms with Gasteiger partial charge in [0.2, 0.25) is 0 Å². The van der Waals surface area contributed by atoms with Crippen molar-refractivity contribution in [2.75, 3.05) is 5.33 Å². The fourth-order valence-electron chi connectivity index (χ4n) is 0.904. The van der Waals surface area contributed by atoms with E-state index in [1.807, 2.05) is 0 Å². The van der Waals surface area contributed by atoms with E-state index in [9.17, 15) is 18.9 Å². The minimum absolute atomic E-state index is 0.195. The van der Waals surface area contributed by atoms with Crippen LogP contribution in [0.1, 0.15) is 5.56 Å². The van der Waals surface area contributed by atoms with Crippen molar-refractivity contribution in [1.82, 2.24) is 0 Å². The molecule has 0 aromatic heterocycles. The first-order valence-electron chi connectivity index (χ1n) is 3.66. The van der Waals surface area contributed by atoms with Crippen molar-refractivity contribution in [3.63, 3.8) is 0 Å². The maximum Gasteiger partial charge on any atom is 0.282 e. The van der Waals surface area contributed by atoms with Gasteiger partial charge in [0.15, 0.2) is 0 Å². The van der Waals surface area contributed by atoms with E-state index in [1.165, 1.54) is 0 Å². The molecule has 0 fully saturated rings. The topological polar surface area (TPSA) is 43.1 Å². The Morgan fingerprint density at radius 3 is 2.21 bits per heavy atom. The van der Waals surface area contributed by atoms with E-state index in [4.69, 9.17) is 0 Å². The molecule has 0 saturated heterocycles. The Hall–Kier alpha value is -1.04. The van der Waals surface area contributed by atoms with Gasteiger partial charge in [-0.2, -0.15) is 0 Å². The smallest absolute Gasteiger partial charge is 0.258 e. The summed E-state index contributed by atoms with van der Waals surface area (Å²) in [7, 11) is 0. The van der Waals surface area contributed by atoms with E-state index in [0.717, 1.165) is 24.3 Å². The van der Waals surface area contributed by atoms with Crippen molar-refractivity contribution in [2.24, 2.45) is 0 Å². The zero-order valence-electron chi connectivity index (χ0n) is 6.91. The molecule has 0 aliphatic carbocycles. The lowest BCUT2D eigenvalue weighted by atomic mass is 10.1. The van der Waals surface area contributed by atoms with Crippen LogP contribution in [0.4, 0.5) is 14.5 Å². The van der Waals surface area contributed by atoms with Crippen molar-refractivity contribution in [1.29, 1.82) is 0 Å². The molecule has 14 heavy (non-hydrogen) atoms. The Labute approximate surface area is 87.0 Å². The molecule has 0 aliphatic rings. The van der Waals surface area contributed by atoms with Gasteiger partial charge in [-0.05, 0) is 12.1 Å². The van der Waals surface area contributed by atoms with Gasteiger partial charge in [0.1, 0.15) is 0 Å². The van der Waals surface area contributed by atoms with Crippen LogP contribution in [-0.4, -0.2) is 10.3 Å². The predicted octanol–water partition coefficient (Wildman–Crippen LogP) is 3.08. The third-order valence-electron chi connectivity index (χ3n) is 1.67. The molecule has 0 N–H and O–H groups in total. The van der Waals surface area contributed by atoms with Gasteiger partial charge in [0.25, 0.3) is 11.6 Å². The van der Waals surface area contributed by atoms with Crippen LogP contribution in [0.15, 0.2) is 24.3 Å². The monoisotopic (exact) mass is 265 g/mol. The summed E-state index contributed by atoms with van der Waals surface area (Å²) in [6, 6.07) is 4.23. The van der Waals surface area contributed by atoms with Crippen molar-refractivity contribution >= 4 is 21.6 Å². The lowest BCUT2D eigenvalue weighted by Crippen LogP contribution is -2.14. The molecule has 0 atom stereocenters. The zero-order chi connectivity index (χ0) is 10.8. The van der Waals surface area contributed by atoms with Crippen molar-refractivity contribution in [2.45, 2.75) is 5.92 Å². The quantitative estimate of drug-likeness (QED) is 0.479. The molecule has 3 nitrogen and oxygen atoms in total. The number of hydrogen-bond donors (Lipinski definition) is 0. The van der Waals surface area contributed by atoms with Gasteiger partial charge in [-0.1, -0.05) is 15.9 Å². The third kappa shape index (κ3) is 2.25. The average Bonchev–Trinajstić information content (AvgIpc) is 2.18. The van der Waals surface area contributed by atoms with E-state index in [-0.39, 0.29) is 11.3 Å². The van der Waals surface area contributed by atoms with Crippen LogP contribution in [0.2, 0.25) is 0 Å². The van der Waals surface area contributed by atoms with Crippen LogP contribution >= 0.6 is 15.9 Å². The van der Waals surface area contributed by atoms with E-state index in [0.29, 0.717) is 0 Å². The van der Waals surface area contributed by atoms with Gasteiger partial charge in [-0.25, -0.2) is 8.78 Å². The predicted molar refractivity (Wildman–Crippen MR) is 50.8 cm³/mol. The summed E-state index contributed by atoms with van der Waals surface area (Å²) in [5.41, 5.74) is -0.431. The summed E-state index contributed by atoms with van der Waals surface area (Å²) in [5.74, 6) is -2.99. The minimum Gasteiger partial charge on any atom is -0.258 e. The molecule has 0 bridgehead atoms. The molecule has 6 heteroatoms. The Balaban J connectivity index is 2.99. The van der Waals surface area contributed by atoms with Gasteiger partial charge < -0.3 is 0 Å². The van der Waals surface area contributed by atoms with Crippen molar-refractivity contribution in [3.8, 4) is 0 Å². The molecule has 0 aliphatic heterocycles. The Morgan fingerprint density at radius 1 is 1.36 bits per heavy atom. The van der Waals surface area contributed by atoms with E-state index in [1.54, 1.807) is 0 Å². The average molecular weight is 266 g/mol. The highest BCUT2D eigenvalue weighted by Crippen LogP contribution is 2.30. The van der Waals surface area contributed by atoms with Gasteiger partial charge in [-0.15, -0.1) is 0 Å². The number of non-ortho nitro benzene ring substituents is 1. The lowest BCUT2D eigenvalue weighted by Gasteiger charge is -2.12. The Kier molecular flexibility index (Phi) is 3.15. The molecule has 1 aromatic carbocycles. The molecule has 76 valence electrons. The standard InChI is InChI=1S/C8H6BrF2NO2/c9-5-8(10,11)6-1-3-7(4-2-6)12(13)14/h1-4H,5H2. The largest absolute Gasteiger partial charge is 0.282 e. The number of hydrogen-bond acceptors (Lipinski definition) is 2. The molecule has 0 saturated carbocycles. The molecule has 0 unspecified atom stereocenters. The number of halogens is 3. The normalized spacial score (nSPS) is 11.4. The summed E-state index contributed by atoms with van der Waals surface area (Å²) in [5, 5.41) is 9.74. The molecular weight excluding hydrogens is 260 g/mol. The number of nitro benzene ring substituents is 1. The minimum atomic E-state index is -2.99. The zero-order valence-corrected chi connectivity index (χ0v) is 8.50. The number of benzene rings is 1. The second kappa shape index (κ2) is 4.00. The second-order valence-corrected chi connectivity index (χ2v) is 3.20. The van der Waals surface area contributed by atoms with Crippen molar-refractivity contribution in [3.05, 3.63) is 39.9 Å². The Morgan fingerprint density at radius 2 is 1.86 bits per heavy atom. The van der Waals surface area contributed by atoms with Crippen LogP contribution < -0.4 is 0 Å². The summed E-state index contributed by atoms with van der Waals surface area (Å²) in [6.07, 6.45) is 0. The third-order valence-corrected chi connectivity index (χ3v) is 2.37. The van der Waals surface area contributed by atoms with Crippen molar-refractivity contribution < 1.29 is 13.7 Å². The molecule has 0 heterocycles. The van der Waals surface area contributed by atoms with Gasteiger partial charge in [0.05, 0.1) is 10.3 Å². The lowest BCUT2D eigenvalue weighted by molar-refractivity contribution is -0.384. The highest BCUT2D eigenvalue weighted by atomic mass is 79.9. The number of alkyl halides is 3. The second-order valence-electron chi connectivity index (χ2n) is 2.64. The summed E-state index contributed by atoms with van der Waals surface area (Å²) in [4.78, 5) is 9.61. The maximum absolute atomic E-state index is 13.0. The summed E-state index contributed by atoms with van der Waals surface area (Å²) in [6.45, 7) is 0. The first-order valence-corrected chi connectivity index (χ1v) is 4.78. The molecule has 1 rings (SSSR count). The maximum atomic E-state index is 13.0. The molecule has 0 spiro atoms. The van der Waals surface area contributed by atoms with Crippen LogP contribution in [0.3, 0.4) is 0 Å². The highest BCUT2D eigenvalue weighted by molar-refractivity contribution is 9.09. The van der Waals surface area contributed by atoms with E-state index in [2.05, 4.69) is 15.9 Å². The highest BCUT2D eigenvalue weighted by Gasteiger charge is 2.30. The van der Waals surface area contributed by atoms with Crippen LogP contribution in [0, 0.1) is 10.1 Å². The van der Waals surface area contributed by atoms with Crippen LogP contribution in [-0.2, 0) is 5.92 Å². The van der Waals surface area contributed by atoms with Gasteiger partial charge >= 0.3 is 0 Å². The summed E-state index contributed by atoms with van der Waals surface area (Å²) < 4.78 is 26.0. The van der Waals surface area contributed by atoms with E-state index >= 15 is 0 Å². The van der Waals surface area contributed by atoms with Crippen LogP contribution in [0.25, 0.3) is 0 Å².